The normalized spacial score (nSPS) is 18.6. The van der Waals surface area contributed by atoms with Gasteiger partial charge < -0.3 is 14.2 Å². The van der Waals surface area contributed by atoms with E-state index in [-0.39, 0.29) is 18.4 Å². The molecule has 0 aliphatic carbocycles. The fourth-order valence-electron chi connectivity index (χ4n) is 3.24. The summed E-state index contributed by atoms with van der Waals surface area (Å²) in [6.45, 7) is 3.70. The molecule has 142 valence electrons. The Hall–Kier alpha value is -1.15. The fourth-order valence-corrected chi connectivity index (χ4v) is 4.85. The lowest BCUT2D eigenvalue weighted by atomic mass is 10.0. The minimum Gasteiger partial charge on any atom is -0.496 e. The molecule has 1 saturated heterocycles. The Morgan fingerprint density at radius 2 is 2.00 bits per heavy atom. The van der Waals surface area contributed by atoms with Crippen LogP contribution in [0.15, 0.2) is 18.2 Å². The quantitative estimate of drug-likeness (QED) is 0.589. The van der Waals surface area contributed by atoms with E-state index in [1.54, 1.807) is 18.5 Å². The van der Waals surface area contributed by atoms with E-state index < -0.39 is 10.0 Å². The first-order valence-electron chi connectivity index (χ1n) is 8.67. The number of ether oxygens (including phenoxy) is 3. The van der Waals surface area contributed by atoms with Crippen molar-refractivity contribution in [3.63, 3.8) is 0 Å². The zero-order valence-corrected chi connectivity index (χ0v) is 16.2. The van der Waals surface area contributed by atoms with Crippen molar-refractivity contribution in [1.29, 1.82) is 0 Å². The van der Waals surface area contributed by atoms with Crippen molar-refractivity contribution >= 4 is 10.0 Å². The summed E-state index contributed by atoms with van der Waals surface area (Å²) in [6.07, 6.45) is 2.53. The Balaban J connectivity index is 1.95. The molecule has 1 unspecified atom stereocenters. The first-order chi connectivity index (χ1) is 12.0. The summed E-state index contributed by atoms with van der Waals surface area (Å²) in [4.78, 5) is 0. The Morgan fingerprint density at radius 3 is 2.68 bits per heavy atom. The van der Waals surface area contributed by atoms with Crippen molar-refractivity contribution < 1.29 is 22.6 Å². The average Bonchev–Trinajstić information content (AvgIpc) is 3.04. The van der Waals surface area contributed by atoms with Crippen molar-refractivity contribution in [3.05, 3.63) is 29.3 Å². The molecule has 6 nitrogen and oxygen atoms in total. The maximum absolute atomic E-state index is 12.6. The molecule has 1 fully saturated rings. The van der Waals surface area contributed by atoms with Crippen LogP contribution in [0.3, 0.4) is 0 Å². The number of hydrogen-bond acceptors (Lipinski definition) is 5. The molecule has 1 aliphatic rings. The third-order valence-electron chi connectivity index (χ3n) is 4.53. The lowest BCUT2D eigenvalue weighted by Gasteiger charge is -2.24. The zero-order chi connectivity index (χ0) is 18.3. The van der Waals surface area contributed by atoms with Crippen LogP contribution < -0.4 is 4.74 Å². The van der Waals surface area contributed by atoms with Crippen molar-refractivity contribution in [1.82, 2.24) is 4.31 Å². The van der Waals surface area contributed by atoms with Gasteiger partial charge in [0.25, 0.3) is 0 Å². The second-order valence-corrected chi connectivity index (χ2v) is 8.38. The predicted octanol–water partition coefficient (Wildman–Crippen LogP) is 2.00. The zero-order valence-electron chi connectivity index (χ0n) is 15.4. The van der Waals surface area contributed by atoms with Crippen LogP contribution in [-0.4, -0.2) is 65.1 Å². The van der Waals surface area contributed by atoms with Crippen molar-refractivity contribution in [2.45, 2.75) is 32.2 Å². The molecule has 0 aromatic heterocycles. The van der Waals surface area contributed by atoms with E-state index in [9.17, 15) is 8.42 Å². The van der Waals surface area contributed by atoms with E-state index in [0.717, 1.165) is 36.1 Å². The SMILES string of the molecule is COCCOCCS(=O)(=O)N1CCCC1Cc1ccc(OC)c(C)c1. The van der Waals surface area contributed by atoms with Crippen LogP contribution in [-0.2, 0) is 25.9 Å². The van der Waals surface area contributed by atoms with Crippen molar-refractivity contribution in [2.24, 2.45) is 0 Å². The molecule has 0 spiro atoms. The summed E-state index contributed by atoms with van der Waals surface area (Å²) in [5.41, 5.74) is 2.21. The van der Waals surface area contributed by atoms with Gasteiger partial charge in [0.2, 0.25) is 10.0 Å². The van der Waals surface area contributed by atoms with Gasteiger partial charge in [0, 0.05) is 19.7 Å². The molecule has 0 radical (unpaired) electrons. The molecular weight excluding hydrogens is 342 g/mol. The van der Waals surface area contributed by atoms with Gasteiger partial charge in [-0.2, -0.15) is 4.31 Å². The van der Waals surface area contributed by atoms with E-state index in [1.807, 2.05) is 19.1 Å². The number of aryl methyl sites for hydroxylation is 1. The Bertz CT molecular complexity index is 647. The lowest BCUT2D eigenvalue weighted by molar-refractivity contribution is 0.0781. The summed E-state index contributed by atoms with van der Waals surface area (Å²) in [7, 11) is -0.0488. The van der Waals surface area contributed by atoms with Gasteiger partial charge in [0.1, 0.15) is 5.75 Å². The molecule has 0 bridgehead atoms. The number of hydrogen-bond donors (Lipinski definition) is 0. The summed E-state index contributed by atoms with van der Waals surface area (Å²) >= 11 is 0. The van der Waals surface area contributed by atoms with E-state index in [0.29, 0.717) is 19.8 Å². The van der Waals surface area contributed by atoms with Crippen molar-refractivity contribution in [2.75, 3.05) is 46.3 Å². The third kappa shape index (κ3) is 5.67. The summed E-state index contributed by atoms with van der Waals surface area (Å²) in [5, 5.41) is 0. The van der Waals surface area contributed by atoms with Crippen LogP contribution in [0.25, 0.3) is 0 Å². The second-order valence-electron chi connectivity index (χ2n) is 6.34. The largest absolute Gasteiger partial charge is 0.496 e. The van der Waals surface area contributed by atoms with Gasteiger partial charge in [-0.1, -0.05) is 12.1 Å². The molecule has 1 aromatic carbocycles. The molecular formula is C18H29NO5S. The minimum absolute atomic E-state index is 0.0227. The van der Waals surface area contributed by atoms with Crippen LogP contribution in [0.4, 0.5) is 0 Å². The predicted molar refractivity (Wildman–Crippen MR) is 97.6 cm³/mol. The highest BCUT2D eigenvalue weighted by Gasteiger charge is 2.33. The molecule has 7 heteroatoms. The van der Waals surface area contributed by atoms with Gasteiger partial charge in [0.05, 0.1) is 32.7 Å². The molecule has 0 saturated carbocycles. The molecule has 2 rings (SSSR count). The Labute approximate surface area is 151 Å². The highest BCUT2D eigenvalue weighted by Crippen LogP contribution is 2.26. The highest BCUT2D eigenvalue weighted by molar-refractivity contribution is 7.89. The molecule has 0 amide bonds. The molecule has 1 aliphatic heterocycles. The van der Waals surface area contributed by atoms with Gasteiger partial charge in [-0.15, -0.1) is 0 Å². The standard InChI is InChI=1S/C18H29NO5S/c1-15-13-16(6-7-18(15)23-3)14-17-5-4-8-19(17)25(20,21)12-11-24-10-9-22-2/h6-7,13,17H,4-5,8-12,14H2,1-3H3. The van der Waals surface area contributed by atoms with E-state index in [4.69, 9.17) is 14.2 Å². The second kappa shape index (κ2) is 9.52. The number of methoxy groups -OCH3 is 2. The lowest BCUT2D eigenvalue weighted by Crippen LogP contribution is -2.39. The van der Waals surface area contributed by atoms with Gasteiger partial charge in [-0.3, -0.25) is 0 Å². The highest BCUT2D eigenvalue weighted by atomic mass is 32.2. The minimum atomic E-state index is -3.30. The first-order valence-corrected chi connectivity index (χ1v) is 10.3. The molecule has 0 N–H and O–H groups in total. The van der Waals surface area contributed by atoms with E-state index >= 15 is 0 Å². The molecule has 25 heavy (non-hydrogen) atoms. The number of rotatable bonds is 10. The van der Waals surface area contributed by atoms with Crippen LogP contribution in [0.2, 0.25) is 0 Å². The van der Waals surface area contributed by atoms with Crippen molar-refractivity contribution in [3.8, 4) is 5.75 Å². The maximum Gasteiger partial charge on any atom is 0.216 e. The number of benzene rings is 1. The summed E-state index contributed by atoms with van der Waals surface area (Å²) < 4.78 is 42.4. The van der Waals surface area contributed by atoms with E-state index in [1.165, 1.54) is 0 Å². The summed E-state index contributed by atoms with van der Waals surface area (Å²) in [5.74, 6) is 0.877. The molecule has 1 aromatic rings. The first kappa shape index (κ1) is 20.2. The van der Waals surface area contributed by atoms with Crippen LogP contribution >= 0.6 is 0 Å². The fraction of sp³-hybridized carbons (Fsp3) is 0.667. The third-order valence-corrected chi connectivity index (χ3v) is 6.41. The van der Waals surface area contributed by atoms with Gasteiger partial charge >= 0.3 is 0 Å². The average molecular weight is 371 g/mol. The van der Waals surface area contributed by atoms with Gasteiger partial charge in [-0.05, 0) is 43.4 Å². The summed E-state index contributed by atoms with van der Waals surface area (Å²) in [6, 6.07) is 6.07. The Kier molecular flexibility index (Phi) is 7.68. The number of nitrogens with zero attached hydrogens (tertiary/aromatic N) is 1. The van der Waals surface area contributed by atoms with Crippen LogP contribution in [0.1, 0.15) is 24.0 Å². The monoisotopic (exact) mass is 371 g/mol. The number of sulfonamides is 1. The van der Waals surface area contributed by atoms with E-state index in [2.05, 4.69) is 6.07 Å². The maximum atomic E-state index is 12.6. The topological polar surface area (TPSA) is 65.1 Å². The van der Waals surface area contributed by atoms with Gasteiger partial charge in [-0.25, -0.2) is 8.42 Å². The molecule has 1 atom stereocenters. The Morgan fingerprint density at radius 1 is 1.20 bits per heavy atom. The van der Waals surface area contributed by atoms with Crippen LogP contribution in [0.5, 0.6) is 5.75 Å². The smallest absolute Gasteiger partial charge is 0.216 e. The van der Waals surface area contributed by atoms with Crippen LogP contribution in [0, 0.1) is 6.92 Å². The molecule has 1 heterocycles. The van der Waals surface area contributed by atoms with Gasteiger partial charge in [0.15, 0.2) is 0 Å².